The number of fused-ring (bicyclic) bond motifs is 1. The molecule has 2 aromatic rings. The van der Waals surface area contributed by atoms with Gasteiger partial charge >= 0.3 is 0 Å². The van der Waals surface area contributed by atoms with E-state index in [0.29, 0.717) is 0 Å². The van der Waals surface area contributed by atoms with Gasteiger partial charge in [0.2, 0.25) is 0 Å². The molecule has 0 aliphatic carbocycles. The van der Waals surface area contributed by atoms with Crippen LogP contribution in [0.15, 0.2) is 18.6 Å². The van der Waals surface area contributed by atoms with E-state index in [0.717, 1.165) is 42.1 Å². The summed E-state index contributed by atoms with van der Waals surface area (Å²) < 4.78 is 2.00. The standard InChI is InChI=1S/C13H19ClN4/c1-18-10-17-12-11(18)6-9-16-13(12)15-8-5-3-2-4-7-14/h6,9-10H,2-5,7-8H2,1H3,(H,15,16). The highest BCUT2D eigenvalue weighted by Gasteiger charge is 2.05. The second kappa shape index (κ2) is 6.59. The predicted molar refractivity (Wildman–Crippen MR) is 76.2 cm³/mol. The Morgan fingerprint density at radius 3 is 2.89 bits per heavy atom. The molecule has 2 heterocycles. The van der Waals surface area contributed by atoms with E-state index in [2.05, 4.69) is 15.3 Å². The van der Waals surface area contributed by atoms with Crippen molar-refractivity contribution in [3.05, 3.63) is 18.6 Å². The van der Waals surface area contributed by atoms with Crippen LogP contribution in [0.1, 0.15) is 25.7 Å². The number of anilines is 1. The van der Waals surface area contributed by atoms with Gasteiger partial charge in [-0.05, 0) is 18.9 Å². The average Bonchev–Trinajstić information content (AvgIpc) is 2.77. The molecule has 0 atom stereocenters. The van der Waals surface area contributed by atoms with E-state index < -0.39 is 0 Å². The Morgan fingerprint density at radius 2 is 2.06 bits per heavy atom. The van der Waals surface area contributed by atoms with Crippen LogP contribution in [0.4, 0.5) is 5.82 Å². The van der Waals surface area contributed by atoms with Gasteiger partial charge in [0.15, 0.2) is 5.82 Å². The van der Waals surface area contributed by atoms with Crippen LogP contribution in [0, 0.1) is 0 Å². The molecule has 1 N–H and O–H groups in total. The molecule has 5 heteroatoms. The molecule has 0 bridgehead atoms. The number of unbranched alkanes of at least 4 members (excludes halogenated alkanes) is 3. The minimum atomic E-state index is 0.766. The van der Waals surface area contributed by atoms with Gasteiger partial charge in [-0.3, -0.25) is 0 Å². The van der Waals surface area contributed by atoms with Gasteiger partial charge < -0.3 is 9.88 Å². The van der Waals surface area contributed by atoms with Crippen molar-refractivity contribution in [3.63, 3.8) is 0 Å². The monoisotopic (exact) mass is 266 g/mol. The summed E-state index contributed by atoms with van der Waals surface area (Å²) in [6.07, 6.45) is 8.29. The van der Waals surface area contributed by atoms with Crippen LogP contribution >= 0.6 is 11.6 Å². The van der Waals surface area contributed by atoms with E-state index in [1.54, 1.807) is 0 Å². The maximum Gasteiger partial charge on any atom is 0.154 e. The minimum Gasteiger partial charge on any atom is -0.368 e. The van der Waals surface area contributed by atoms with Crippen molar-refractivity contribution in [3.8, 4) is 0 Å². The van der Waals surface area contributed by atoms with Crippen molar-refractivity contribution in [1.82, 2.24) is 14.5 Å². The van der Waals surface area contributed by atoms with E-state index in [-0.39, 0.29) is 0 Å². The zero-order valence-electron chi connectivity index (χ0n) is 10.7. The smallest absolute Gasteiger partial charge is 0.154 e. The third kappa shape index (κ3) is 3.13. The second-order valence-corrected chi connectivity index (χ2v) is 4.79. The number of pyridine rings is 1. The van der Waals surface area contributed by atoms with Crippen molar-refractivity contribution >= 4 is 28.5 Å². The Balaban J connectivity index is 1.88. The van der Waals surface area contributed by atoms with Gasteiger partial charge in [0.25, 0.3) is 0 Å². The maximum absolute atomic E-state index is 5.64. The molecule has 0 unspecified atom stereocenters. The number of halogens is 1. The van der Waals surface area contributed by atoms with Crippen molar-refractivity contribution in [2.24, 2.45) is 7.05 Å². The lowest BCUT2D eigenvalue weighted by atomic mass is 10.2. The molecule has 4 nitrogen and oxygen atoms in total. The number of hydrogen-bond donors (Lipinski definition) is 1. The van der Waals surface area contributed by atoms with Gasteiger partial charge in [0.05, 0.1) is 11.8 Å². The Labute approximate surface area is 112 Å². The Hall–Kier alpha value is -1.29. The Bertz CT molecular complexity index is 495. The SMILES string of the molecule is Cn1cnc2c(NCCCCCCCl)nccc21. The van der Waals surface area contributed by atoms with Gasteiger partial charge in [-0.25, -0.2) is 9.97 Å². The number of nitrogens with zero attached hydrogens (tertiary/aromatic N) is 3. The highest BCUT2D eigenvalue weighted by molar-refractivity contribution is 6.17. The summed E-state index contributed by atoms with van der Waals surface area (Å²) in [5, 5.41) is 3.36. The molecule has 0 fully saturated rings. The molecular weight excluding hydrogens is 248 g/mol. The molecule has 0 radical (unpaired) electrons. The molecule has 2 aromatic heterocycles. The first-order valence-corrected chi connectivity index (χ1v) is 6.92. The summed E-state index contributed by atoms with van der Waals surface area (Å²) in [6, 6.07) is 1.98. The van der Waals surface area contributed by atoms with Crippen molar-refractivity contribution in [2.75, 3.05) is 17.7 Å². The molecule has 18 heavy (non-hydrogen) atoms. The number of hydrogen-bond acceptors (Lipinski definition) is 3. The number of alkyl halides is 1. The summed E-state index contributed by atoms with van der Waals surface area (Å²) >= 11 is 5.64. The fourth-order valence-electron chi connectivity index (χ4n) is 1.97. The van der Waals surface area contributed by atoms with Crippen LogP contribution in [0.2, 0.25) is 0 Å². The zero-order valence-corrected chi connectivity index (χ0v) is 11.5. The molecular formula is C13H19ClN4. The van der Waals surface area contributed by atoms with Gasteiger partial charge in [-0.1, -0.05) is 12.8 Å². The first-order chi connectivity index (χ1) is 8.83. The van der Waals surface area contributed by atoms with Crippen molar-refractivity contribution < 1.29 is 0 Å². The van der Waals surface area contributed by atoms with Gasteiger partial charge in [0, 0.05) is 25.7 Å². The number of imidazole rings is 1. The Kier molecular flexibility index (Phi) is 4.81. The van der Waals surface area contributed by atoms with E-state index in [4.69, 9.17) is 11.6 Å². The van der Waals surface area contributed by atoms with Crippen LogP contribution in [0.5, 0.6) is 0 Å². The lowest BCUT2D eigenvalue weighted by Gasteiger charge is -2.06. The molecule has 0 saturated heterocycles. The molecule has 0 aliphatic rings. The van der Waals surface area contributed by atoms with Crippen LogP contribution in [0.3, 0.4) is 0 Å². The fraction of sp³-hybridized carbons (Fsp3) is 0.538. The van der Waals surface area contributed by atoms with Crippen LogP contribution < -0.4 is 5.32 Å². The summed E-state index contributed by atoms with van der Waals surface area (Å²) in [4.78, 5) is 8.71. The van der Waals surface area contributed by atoms with Crippen LogP contribution in [-0.2, 0) is 7.05 Å². The van der Waals surface area contributed by atoms with E-state index >= 15 is 0 Å². The summed E-state index contributed by atoms with van der Waals surface area (Å²) in [6.45, 7) is 0.935. The summed E-state index contributed by atoms with van der Waals surface area (Å²) in [7, 11) is 1.99. The normalized spacial score (nSPS) is 11.0. The maximum atomic E-state index is 5.64. The molecule has 0 spiro atoms. The largest absolute Gasteiger partial charge is 0.368 e. The molecule has 98 valence electrons. The van der Waals surface area contributed by atoms with Crippen molar-refractivity contribution in [1.29, 1.82) is 0 Å². The van der Waals surface area contributed by atoms with Gasteiger partial charge in [0.1, 0.15) is 5.52 Å². The fourth-order valence-corrected chi connectivity index (χ4v) is 2.16. The van der Waals surface area contributed by atoms with Gasteiger partial charge in [-0.2, -0.15) is 0 Å². The first kappa shape index (κ1) is 13.1. The molecule has 0 aliphatic heterocycles. The molecule has 0 aromatic carbocycles. The minimum absolute atomic E-state index is 0.766. The lowest BCUT2D eigenvalue weighted by Crippen LogP contribution is -2.04. The highest BCUT2D eigenvalue weighted by Crippen LogP contribution is 2.18. The van der Waals surface area contributed by atoms with Gasteiger partial charge in [-0.15, -0.1) is 11.6 Å². The predicted octanol–water partition coefficient (Wildman–Crippen LogP) is 3.18. The second-order valence-electron chi connectivity index (χ2n) is 4.41. The summed E-state index contributed by atoms with van der Waals surface area (Å²) in [5.74, 6) is 1.65. The third-order valence-corrected chi connectivity index (χ3v) is 3.26. The van der Waals surface area contributed by atoms with Crippen LogP contribution in [-0.4, -0.2) is 27.0 Å². The quantitative estimate of drug-likeness (QED) is 0.618. The number of nitrogens with one attached hydrogen (secondary N) is 1. The molecule has 0 saturated carbocycles. The highest BCUT2D eigenvalue weighted by atomic mass is 35.5. The number of aryl methyl sites for hydroxylation is 1. The first-order valence-electron chi connectivity index (χ1n) is 6.39. The van der Waals surface area contributed by atoms with E-state index in [9.17, 15) is 0 Å². The van der Waals surface area contributed by atoms with E-state index in [1.807, 2.05) is 30.2 Å². The van der Waals surface area contributed by atoms with Crippen LogP contribution in [0.25, 0.3) is 11.0 Å². The number of aromatic nitrogens is 3. The topological polar surface area (TPSA) is 42.7 Å². The Morgan fingerprint density at radius 1 is 1.22 bits per heavy atom. The van der Waals surface area contributed by atoms with E-state index in [1.165, 1.54) is 12.8 Å². The van der Waals surface area contributed by atoms with Crippen molar-refractivity contribution in [2.45, 2.75) is 25.7 Å². The number of rotatable bonds is 7. The average molecular weight is 267 g/mol. The lowest BCUT2D eigenvalue weighted by molar-refractivity contribution is 0.687. The molecule has 2 rings (SSSR count). The zero-order chi connectivity index (χ0) is 12.8. The summed E-state index contributed by atoms with van der Waals surface area (Å²) in [5.41, 5.74) is 2.05. The third-order valence-electron chi connectivity index (χ3n) is 3.00. The molecule has 0 amide bonds.